The minimum atomic E-state index is -4.46. The highest BCUT2D eigenvalue weighted by Gasteiger charge is 2.30. The van der Waals surface area contributed by atoms with E-state index in [1.165, 1.54) is 6.33 Å². The van der Waals surface area contributed by atoms with Gasteiger partial charge in [0.2, 0.25) is 5.88 Å². The van der Waals surface area contributed by atoms with Crippen molar-refractivity contribution in [3.05, 3.63) is 96.2 Å². The average molecular weight is 439 g/mol. The smallest absolute Gasteiger partial charge is 0.417 e. The summed E-state index contributed by atoms with van der Waals surface area (Å²) in [6.07, 6.45) is -0.711. The van der Waals surface area contributed by atoms with Crippen molar-refractivity contribution < 1.29 is 22.7 Å². The molecule has 1 amide bonds. The Balaban J connectivity index is 1.32. The Morgan fingerprint density at radius 3 is 2.34 bits per heavy atom. The summed E-state index contributed by atoms with van der Waals surface area (Å²) >= 11 is 0. The number of amides is 1. The zero-order valence-electron chi connectivity index (χ0n) is 16.5. The van der Waals surface area contributed by atoms with Gasteiger partial charge in [-0.3, -0.25) is 4.79 Å². The van der Waals surface area contributed by atoms with Crippen LogP contribution in [0.2, 0.25) is 0 Å². The molecule has 0 atom stereocenters. The largest absolute Gasteiger partial charge is 0.439 e. The van der Waals surface area contributed by atoms with Crippen molar-refractivity contribution in [3.8, 4) is 17.3 Å². The first-order valence-corrected chi connectivity index (χ1v) is 9.42. The molecule has 32 heavy (non-hydrogen) atoms. The maximum Gasteiger partial charge on any atom is 0.417 e. The van der Waals surface area contributed by atoms with Crippen LogP contribution in [0.1, 0.15) is 21.5 Å². The summed E-state index contributed by atoms with van der Waals surface area (Å²) in [7, 11) is 0. The molecule has 162 valence electrons. The molecule has 4 rings (SSSR count). The number of rotatable bonds is 6. The van der Waals surface area contributed by atoms with E-state index in [1.807, 2.05) is 24.3 Å². The van der Waals surface area contributed by atoms with Gasteiger partial charge in [0.15, 0.2) is 0 Å². The number of nitrogens with zero attached hydrogens (tertiary/aromatic N) is 4. The number of nitrogens with one attached hydrogen (secondary N) is 1. The molecular formula is C22H16F3N5O2. The van der Waals surface area contributed by atoms with Crippen LogP contribution in [0, 0.1) is 0 Å². The standard InChI is InChI=1S/C22H16F3N5O2/c23-22(24,25)17-5-10-20(27-12-17)32-19-8-3-16(4-9-19)21(31)28-11-15-1-6-18(7-2-15)30-14-26-13-29-30/h1-10,12-14H,11H2,(H,28,31). The fourth-order valence-electron chi connectivity index (χ4n) is 2.80. The predicted octanol–water partition coefficient (Wildman–Crippen LogP) is 4.40. The maximum absolute atomic E-state index is 12.6. The van der Waals surface area contributed by atoms with Crippen molar-refractivity contribution >= 4 is 5.91 Å². The average Bonchev–Trinajstić information content (AvgIpc) is 3.33. The number of carbonyl (C=O) groups is 1. The molecule has 0 aliphatic carbocycles. The van der Waals surface area contributed by atoms with E-state index < -0.39 is 11.7 Å². The Morgan fingerprint density at radius 2 is 1.75 bits per heavy atom. The van der Waals surface area contributed by atoms with E-state index in [-0.39, 0.29) is 11.8 Å². The molecule has 0 aliphatic rings. The summed E-state index contributed by atoms with van der Waals surface area (Å²) in [6.45, 7) is 0.337. The molecule has 1 N–H and O–H groups in total. The van der Waals surface area contributed by atoms with Gasteiger partial charge in [-0.25, -0.2) is 14.6 Å². The number of alkyl halides is 3. The number of ether oxygens (including phenoxy) is 1. The lowest BCUT2D eigenvalue weighted by atomic mass is 10.1. The van der Waals surface area contributed by atoms with E-state index in [2.05, 4.69) is 20.4 Å². The summed E-state index contributed by atoms with van der Waals surface area (Å²) < 4.78 is 44.8. The molecule has 2 heterocycles. The van der Waals surface area contributed by atoms with Crippen LogP contribution in [-0.2, 0) is 12.7 Å². The third-order valence-corrected chi connectivity index (χ3v) is 4.48. The normalized spacial score (nSPS) is 11.2. The fraction of sp³-hybridized carbons (Fsp3) is 0.0909. The number of hydrogen-bond acceptors (Lipinski definition) is 5. The SMILES string of the molecule is O=C(NCc1ccc(-n2cncn2)cc1)c1ccc(Oc2ccc(C(F)(F)F)cn2)cc1. The van der Waals surface area contributed by atoms with Crippen LogP contribution in [0.5, 0.6) is 11.6 Å². The first kappa shape index (κ1) is 21.0. The highest BCUT2D eigenvalue weighted by Crippen LogP contribution is 2.30. The summed E-state index contributed by atoms with van der Waals surface area (Å²) in [5.74, 6) is 0.0895. The Hall–Kier alpha value is -4.21. The number of halogens is 3. The van der Waals surface area contributed by atoms with E-state index in [1.54, 1.807) is 35.3 Å². The third kappa shape index (κ3) is 5.09. The van der Waals surface area contributed by atoms with Gasteiger partial charge in [-0.05, 0) is 48.0 Å². The minimum Gasteiger partial charge on any atom is -0.439 e. The van der Waals surface area contributed by atoms with Gasteiger partial charge in [0.25, 0.3) is 5.91 Å². The van der Waals surface area contributed by atoms with Crippen molar-refractivity contribution in [2.75, 3.05) is 0 Å². The van der Waals surface area contributed by atoms with E-state index in [4.69, 9.17) is 4.74 Å². The number of carbonyl (C=O) groups excluding carboxylic acids is 1. The van der Waals surface area contributed by atoms with Crippen LogP contribution in [-0.4, -0.2) is 25.7 Å². The Morgan fingerprint density at radius 1 is 1.00 bits per heavy atom. The van der Waals surface area contributed by atoms with Gasteiger partial charge >= 0.3 is 6.18 Å². The number of aromatic nitrogens is 4. The molecular weight excluding hydrogens is 423 g/mol. The number of pyridine rings is 1. The minimum absolute atomic E-state index is 0.0181. The van der Waals surface area contributed by atoms with E-state index in [0.717, 1.165) is 23.4 Å². The molecule has 10 heteroatoms. The molecule has 0 bridgehead atoms. The van der Waals surface area contributed by atoms with Gasteiger partial charge in [0.05, 0.1) is 11.3 Å². The molecule has 2 aromatic heterocycles. The van der Waals surface area contributed by atoms with E-state index in [9.17, 15) is 18.0 Å². The van der Waals surface area contributed by atoms with Gasteiger partial charge in [-0.1, -0.05) is 12.1 Å². The molecule has 0 spiro atoms. The molecule has 0 aliphatic heterocycles. The van der Waals surface area contributed by atoms with Crippen LogP contribution in [0.15, 0.2) is 79.5 Å². The molecule has 0 radical (unpaired) electrons. The second-order valence-corrected chi connectivity index (χ2v) is 6.70. The molecule has 0 saturated heterocycles. The number of benzene rings is 2. The van der Waals surface area contributed by atoms with E-state index in [0.29, 0.717) is 24.1 Å². The second kappa shape index (κ2) is 8.88. The van der Waals surface area contributed by atoms with Gasteiger partial charge in [-0.2, -0.15) is 18.3 Å². The van der Waals surface area contributed by atoms with Crippen molar-refractivity contribution in [1.82, 2.24) is 25.1 Å². The van der Waals surface area contributed by atoms with Crippen LogP contribution in [0.4, 0.5) is 13.2 Å². The summed E-state index contributed by atoms with van der Waals surface area (Å²) in [5.41, 5.74) is 1.33. The Labute approximate surface area is 180 Å². The zero-order chi connectivity index (χ0) is 22.6. The quantitative estimate of drug-likeness (QED) is 0.482. The molecule has 0 unspecified atom stereocenters. The van der Waals surface area contributed by atoms with Crippen molar-refractivity contribution in [2.24, 2.45) is 0 Å². The Kier molecular flexibility index (Phi) is 5.84. The molecule has 0 fully saturated rings. The molecule has 4 aromatic rings. The van der Waals surface area contributed by atoms with Crippen LogP contribution >= 0.6 is 0 Å². The summed E-state index contributed by atoms with van der Waals surface area (Å²) in [5, 5.41) is 6.88. The highest BCUT2D eigenvalue weighted by atomic mass is 19.4. The van der Waals surface area contributed by atoms with Gasteiger partial charge in [0, 0.05) is 24.4 Å². The van der Waals surface area contributed by atoms with Crippen molar-refractivity contribution in [1.29, 1.82) is 0 Å². The summed E-state index contributed by atoms with van der Waals surface area (Å²) in [6, 6.07) is 15.7. The zero-order valence-corrected chi connectivity index (χ0v) is 16.5. The lowest BCUT2D eigenvalue weighted by Crippen LogP contribution is -2.22. The van der Waals surface area contributed by atoms with Crippen LogP contribution < -0.4 is 10.1 Å². The molecule has 7 nitrogen and oxygen atoms in total. The lowest BCUT2D eigenvalue weighted by molar-refractivity contribution is -0.137. The topological polar surface area (TPSA) is 81.9 Å². The number of hydrogen-bond donors (Lipinski definition) is 1. The van der Waals surface area contributed by atoms with Gasteiger partial charge < -0.3 is 10.1 Å². The first-order chi connectivity index (χ1) is 15.4. The lowest BCUT2D eigenvalue weighted by Gasteiger charge is -2.09. The van der Waals surface area contributed by atoms with Gasteiger partial charge in [0.1, 0.15) is 18.4 Å². The highest BCUT2D eigenvalue weighted by molar-refractivity contribution is 5.94. The fourth-order valence-corrected chi connectivity index (χ4v) is 2.80. The predicted molar refractivity (Wildman–Crippen MR) is 108 cm³/mol. The maximum atomic E-state index is 12.6. The van der Waals surface area contributed by atoms with E-state index >= 15 is 0 Å². The summed E-state index contributed by atoms with van der Waals surface area (Å²) in [4.78, 5) is 19.9. The molecule has 0 saturated carbocycles. The van der Waals surface area contributed by atoms with Crippen molar-refractivity contribution in [3.63, 3.8) is 0 Å². The monoisotopic (exact) mass is 439 g/mol. The Bertz CT molecular complexity index is 1170. The van der Waals surface area contributed by atoms with Crippen LogP contribution in [0.25, 0.3) is 5.69 Å². The van der Waals surface area contributed by atoms with Gasteiger partial charge in [-0.15, -0.1) is 0 Å². The third-order valence-electron chi connectivity index (χ3n) is 4.48. The van der Waals surface area contributed by atoms with Crippen molar-refractivity contribution in [2.45, 2.75) is 12.7 Å². The second-order valence-electron chi connectivity index (χ2n) is 6.70. The van der Waals surface area contributed by atoms with Crippen LogP contribution in [0.3, 0.4) is 0 Å². The molecule has 2 aromatic carbocycles. The first-order valence-electron chi connectivity index (χ1n) is 9.42.